The van der Waals surface area contributed by atoms with Crippen LogP contribution in [0.4, 0.5) is 13.2 Å². The van der Waals surface area contributed by atoms with Crippen molar-refractivity contribution >= 4 is 0 Å². The molecular formula is C11H12F3N3O3. The van der Waals surface area contributed by atoms with E-state index < -0.39 is 29.7 Å². The van der Waals surface area contributed by atoms with Crippen LogP contribution in [0.5, 0.6) is 5.75 Å². The molecule has 0 saturated heterocycles. The number of halogens is 3. The van der Waals surface area contributed by atoms with E-state index >= 15 is 0 Å². The Bertz CT molecular complexity index is 515. The first-order chi connectivity index (χ1) is 9.27. The van der Waals surface area contributed by atoms with Crippen LogP contribution >= 0.6 is 0 Å². The number of rotatable bonds is 5. The molecule has 1 rings (SSSR count). The van der Waals surface area contributed by atoms with Gasteiger partial charge >= 0.3 is 6.18 Å². The van der Waals surface area contributed by atoms with Crippen LogP contribution in [0, 0.1) is 0 Å². The molecule has 9 heteroatoms. The first-order valence-electron chi connectivity index (χ1n) is 5.54. The summed E-state index contributed by atoms with van der Waals surface area (Å²) >= 11 is 0. The van der Waals surface area contributed by atoms with Crippen LogP contribution in [0.2, 0.25) is 0 Å². The lowest BCUT2D eigenvalue weighted by Crippen LogP contribution is -2.19. The predicted octanol–water partition coefficient (Wildman–Crippen LogP) is 2.51. The third-order valence-corrected chi connectivity index (χ3v) is 2.63. The Morgan fingerprint density at radius 2 is 1.95 bits per heavy atom. The summed E-state index contributed by atoms with van der Waals surface area (Å²) in [5.41, 5.74) is 6.76. The van der Waals surface area contributed by atoms with Gasteiger partial charge in [0, 0.05) is 17.0 Å². The smallest absolute Gasteiger partial charge is 0.416 e. The minimum Gasteiger partial charge on any atom is -0.508 e. The van der Waals surface area contributed by atoms with Crippen LogP contribution in [-0.2, 0) is 6.18 Å². The molecule has 3 N–H and O–H groups in total. The van der Waals surface area contributed by atoms with Gasteiger partial charge in [-0.1, -0.05) is 11.2 Å². The van der Waals surface area contributed by atoms with E-state index in [1.165, 1.54) is 0 Å². The summed E-state index contributed by atoms with van der Waals surface area (Å²) in [6.07, 6.45) is -7.65. The van der Waals surface area contributed by atoms with E-state index in [0.29, 0.717) is 12.1 Å². The number of nitrogens with zero attached hydrogens (tertiary/aromatic N) is 3. The fourth-order valence-electron chi connectivity index (χ4n) is 1.57. The third-order valence-electron chi connectivity index (χ3n) is 2.63. The van der Waals surface area contributed by atoms with Crippen LogP contribution in [-0.4, -0.2) is 28.0 Å². The molecule has 2 atom stereocenters. The molecule has 6 nitrogen and oxygen atoms in total. The maximum Gasteiger partial charge on any atom is 0.416 e. The number of aliphatic hydroxyl groups excluding tert-OH is 2. The minimum absolute atomic E-state index is 0.0872. The first kappa shape index (κ1) is 16.1. The Hall–Kier alpha value is -1.96. The summed E-state index contributed by atoms with van der Waals surface area (Å²) < 4.78 is 37.2. The van der Waals surface area contributed by atoms with Gasteiger partial charge in [0.25, 0.3) is 0 Å². The maximum absolute atomic E-state index is 12.4. The van der Waals surface area contributed by atoms with E-state index in [1.54, 1.807) is 0 Å². The number of aromatic hydroxyl groups is 1. The van der Waals surface area contributed by atoms with Gasteiger partial charge in [0.2, 0.25) is 0 Å². The molecule has 0 amide bonds. The van der Waals surface area contributed by atoms with Crippen LogP contribution < -0.4 is 0 Å². The van der Waals surface area contributed by atoms with E-state index in [4.69, 9.17) is 5.53 Å². The van der Waals surface area contributed by atoms with E-state index in [0.717, 1.165) is 6.07 Å². The number of azide groups is 1. The van der Waals surface area contributed by atoms with Gasteiger partial charge in [-0.2, -0.15) is 13.2 Å². The number of phenolic OH excluding ortho intramolecular Hbond substituents is 1. The van der Waals surface area contributed by atoms with Crippen molar-refractivity contribution in [1.82, 2.24) is 0 Å². The van der Waals surface area contributed by atoms with Crippen molar-refractivity contribution in [3.05, 3.63) is 39.8 Å². The van der Waals surface area contributed by atoms with Gasteiger partial charge < -0.3 is 15.3 Å². The first-order valence-corrected chi connectivity index (χ1v) is 5.54. The number of alkyl halides is 3. The van der Waals surface area contributed by atoms with Gasteiger partial charge in [-0.05, 0) is 24.1 Å². The quantitative estimate of drug-likeness (QED) is 0.440. The van der Waals surface area contributed by atoms with Crippen molar-refractivity contribution in [2.75, 3.05) is 6.54 Å². The second kappa shape index (κ2) is 6.47. The molecule has 0 bridgehead atoms. The second-order valence-corrected chi connectivity index (χ2v) is 4.03. The van der Waals surface area contributed by atoms with Gasteiger partial charge in [-0.3, -0.25) is 0 Å². The summed E-state index contributed by atoms with van der Waals surface area (Å²) in [6, 6.07) is 2.05. The van der Waals surface area contributed by atoms with Gasteiger partial charge in [-0.25, -0.2) is 0 Å². The Kier molecular flexibility index (Phi) is 5.20. The SMILES string of the molecule is [N-]=[N+]=NCCC(O)C(O)c1ccc(C(F)(F)F)cc1O. The summed E-state index contributed by atoms with van der Waals surface area (Å²) in [5.74, 6) is -0.768. The highest BCUT2D eigenvalue weighted by Crippen LogP contribution is 2.35. The molecular weight excluding hydrogens is 279 g/mol. The van der Waals surface area contributed by atoms with E-state index in [-0.39, 0.29) is 18.5 Å². The number of hydrogen-bond acceptors (Lipinski definition) is 4. The number of benzene rings is 1. The van der Waals surface area contributed by atoms with Gasteiger partial charge in [0.1, 0.15) is 11.9 Å². The van der Waals surface area contributed by atoms with Gasteiger partial charge in [0.05, 0.1) is 11.7 Å². The zero-order valence-corrected chi connectivity index (χ0v) is 10.1. The number of phenols is 1. The lowest BCUT2D eigenvalue weighted by molar-refractivity contribution is -0.137. The Morgan fingerprint density at radius 3 is 2.45 bits per heavy atom. The van der Waals surface area contributed by atoms with Crippen LogP contribution in [0.1, 0.15) is 23.7 Å². The molecule has 0 aliphatic rings. The molecule has 2 unspecified atom stereocenters. The van der Waals surface area contributed by atoms with Crippen molar-refractivity contribution in [1.29, 1.82) is 0 Å². The highest BCUT2D eigenvalue weighted by Gasteiger charge is 2.32. The zero-order valence-electron chi connectivity index (χ0n) is 10.1. The molecule has 0 fully saturated rings. The Balaban J connectivity index is 2.88. The highest BCUT2D eigenvalue weighted by molar-refractivity contribution is 5.39. The van der Waals surface area contributed by atoms with Crippen molar-refractivity contribution in [2.24, 2.45) is 5.11 Å². The fourth-order valence-corrected chi connectivity index (χ4v) is 1.57. The van der Waals surface area contributed by atoms with Crippen molar-refractivity contribution in [3.8, 4) is 5.75 Å². The molecule has 20 heavy (non-hydrogen) atoms. The topological polar surface area (TPSA) is 109 Å². The summed E-state index contributed by atoms with van der Waals surface area (Å²) in [5, 5.41) is 32.0. The van der Waals surface area contributed by atoms with E-state index in [2.05, 4.69) is 10.0 Å². The molecule has 0 saturated carbocycles. The largest absolute Gasteiger partial charge is 0.508 e. The molecule has 0 aliphatic carbocycles. The Labute approximate surface area is 111 Å². The standard InChI is InChI=1S/C11H12F3N3O3/c12-11(13,14)6-1-2-7(9(19)5-6)10(20)8(18)3-4-16-17-15/h1-2,5,8,10,18-20H,3-4H2. The molecule has 0 heterocycles. The lowest BCUT2D eigenvalue weighted by atomic mass is 9.99. The lowest BCUT2D eigenvalue weighted by Gasteiger charge is -2.19. The summed E-state index contributed by atoms with van der Waals surface area (Å²) in [6.45, 7) is -0.0872. The van der Waals surface area contributed by atoms with Crippen LogP contribution in [0.3, 0.4) is 0 Å². The maximum atomic E-state index is 12.4. The molecule has 0 spiro atoms. The number of hydrogen-bond donors (Lipinski definition) is 3. The highest BCUT2D eigenvalue weighted by atomic mass is 19.4. The van der Waals surface area contributed by atoms with Crippen molar-refractivity contribution in [3.63, 3.8) is 0 Å². The molecule has 1 aromatic carbocycles. The summed E-state index contributed by atoms with van der Waals surface area (Å²) in [7, 11) is 0. The summed E-state index contributed by atoms with van der Waals surface area (Å²) in [4.78, 5) is 2.45. The van der Waals surface area contributed by atoms with E-state index in [9.17, 15) is 28.5 Å². The number of aliphatic hydroxyl groups is 2. The van der Waals surface area contributed by atoms with E-state index in [1.807, 2.05) is 0 Å². The van der Waals surface area contributed by atoms with Crippen LogP contribution in [0.25, 0.3) is 10.4 Å². The third kappa shape index (κ3) is 4.02. The van der Waals surface area contributed by atoms with Crippen molar-refractivity contribution in [2.45, 2.75) is 24.8 Å². The fraction of sp³-hybridized carbons (Fsp3) is 0.455. The van der Waals surface area contributed by atoms with Gasteiger partial charge in [0.15, 0.2) is 0 Å². The molecule has 110 valence electrons. The van der Waals surface area contributed by atoms with Crippen molar-refractivity contribution < 1.29 is 28.5 Å². The molecule has 0 aromatic heterocycles. The van der Waals surface area contributed by atoms with Gasteiger partial charge in [-0.15, -0.1) is 0 Å². The molecule has 1 aromatic rings. The molecule has 0 aliphatic heterocycles. The predicted molar refractivity (Wildman–Crippen MR) is 62.7 cm³/mol. The monoisotopic (exact) mass is 291 g/mol. The minimum atomic E-state index is -4.61. The zero-order chi connectivity index (χ0) is 15.3. The second-order valence-electron chi connectivity index (χ2n) is 4.03. The molecule has 0 radical (unpaired) electrons. The normalized spacial score (nSPS) is 14.4. The Morgan fingerprint density at radius 1 is 1.30 bits per heavy atom. The average molecular weight is 291 g/mol. The van der Waals surface area contributed by atoms with Crippen LogP contribution in [0.15, 0.2) is 23.3 Å². The average Bonchev–Trinajstić information content (AvgIpc) is 2.37.